The Hall–Kier alpha value is -0.810. The van der Waals surface area contributed by atoms with Crippen LogP contribution in [0.5, 0.6) is 0 Å². The summed E-state index contributed by atoms with van der Waals surface area (Å²) in [5, 5.41) is 15.3. The number of aliphatic hydroxyl groups excluding tert-OH is 1. The van der Waals surface area contributed by atoms with E-state index in [4.69, 9.17) is 9.84 Å². The normalized spacial score (nSPS) is 13.6. The summed E-state index contributed by atoms with van der Waals surface area (Å²) in [5.41, 5.74) is 0. The van der Waals surface area contributed by atoms with Gasteiger partial charge in [-0.2, -0.15) is 0 Å². The quantitative estimate of drug-likeness (QED) is 0.317. The third kappa shape index (κ3) is 8.49. The molecule has 0 spiro atoms. The third-order valence-corrected chi connectivity index (χ3v) is 2.03. The van der Waals surface area contributed by atoms with E-state index in [0.717, 1.165) is 32.1 Å². The van der Waals surface area contributed by atoms with Gasteiger partial charge in [0.15, 0.2) is 5.96 Å². The maximum Gasteiger partial charge on any atom is 0.191 e. The van der Waals surface area contributed by atoms with E-state index >= 15 is 0 Å². The molecule has 0 saturated carbocycles. The van der Waals surface area contributed by atoms with Crippen molar-refractivity contribution in [2.75, 3.05) is 40.0 Å². The standard InChI is InChI=1S/C11H25N3O2/c1-4-12-11(13-6-5-7-16-3)14-8-10(2)9-15/h10,15H,4-9H2,1-3H3,(H2,12,13,14). The number of guanidine groups is 1. The van der Waals surface area contributed by atoms with Gasteiger partial charge in [0.25, 0.3) is 0 Å². The van der Waals surface area contributed by atoms with Crippen molar-refractivity contribution in [3.8, 4) is 0 Å². The Morgan fingerprint density at radius 3 is 2.75 bits per heavy atom. The number of aliphatic imine (C=N–C) groups is 1. The fourth-order valence-electron chi connectivity index (χ4n) is 1.07. The highest BCUT2D eigenvalue weighted by Crippen LogP contribution is 1.92. The number of hydrogen-bond acceptors (Lipinski definition) is 3. The smallest absolute Gasteiger partial charge is 0.191 e. The Kier molecular flexibility index (Phi) is 10.2. The first-order valence-electron chi connectivity index (χ1n) is 5.86. The summed E-state index contributed by atoms with van der Waals surface area (Å²) in [7, 11) is 1.70. The van der Waals surface area contributed by atoms with E-state index in [2.05, 4.69) is 15.6 Å². The summed E-state index contributed by atoms with van der Waals surface area (Å²) in [6.45, 7) is 7.23. The van der Waals surface area contributed by atoms with Crippen LogP contribution in [0.15, 0.2) is 4.99 Å². The van der Waals surface area contributed by atoms with E-state index in [1.165, 1.54) is 0 Å². The number of methoxy groups -OCH3 is 1. The summed E-state index contributed by atoms with van der Waals surface area (Å²) in [6, 6.07) is 0. The number of nitrogens with zero attached hydrogens (tertiary/aromatic N) is 1. The highest BCUT2D eigenvalue weighted by molar-refractivity contribution is 5.79. The summed E-state index contributed by atoms with van der Waals surface area (Å²) in [6.07, 6.45) is 0.955. The van der Waals surface area contributed by atoms with Crippen molar-refractivity contribution in [2.24, 2.45) is 10.9 Å². The SMILES string of the molecule is CCNC(=NCC(C)CO)NCCCOC. The molecule has 5 heteroatoms. The van der Waals surface area contributed by atoms with Crippen molar-refractivity contribution in [3.63, 3.8) is 0 Å². The molecule has 0 rings (SSSR count). The van der Waals surface area contributed by atoms with E-state index < -0.39 is 0 Å². The van der Waals surface area contributed by atoms with Gasteiger partial charge in [0.05, 0.1) is 0 Å². The molecule has 0 aliphatic rings. The highest BCUT2D eigenvalue weighted by Gasteiger charge is 2.00. The first-order chi connectivity index (χ1) is 7.74. The molecule has 0 heterocycles. The zero-order valence-corrected chi connectivity index (χ0v) is 10.6. The van der Waals surface area contributed by atoms with Gasteiger partial charge in [0.2, 0.25) is 0 Å². The van der Waals surface area contributed by atoms with Gasteiger partial charge in [0.1, 0.15) is 0 Å². The van der Waals surface area contributed by atoms with Crippen LogP contribution in [-0.2, 0) is 4.74 Å². The summed E-state index contributed by atoms with van der Waals surface area (Å²) >= 11 is 0. The largest absolute Gasteiger partial charge is 0.396 e. The van der Waals surface area contributed by atoms with Crippen molar-refractivity contribution < 1.29 is 9.84 Å². The first kappa shape index (κ1) is 15.2. The van der Waals surface area contributed by atoms with Gasteiger partial charge in [0, 0.05) is 40.0 Å². The minimum Gasteiger partial charge on any atom is -0.396 e. The summed E-state index contributed by atoms with van der Waals surface area (Å²) < 4.78 is 4.97. The molecule has 16 heavy (non-hydrogen) atoms. The Balaban J connectivity index is 3.85. The molecule has 1 atom stereocenters. The Morgan fingerprint density at radius 2 is 2.19 bits per heavy atom. The number of hydrogen-bond donors (Lipinski definition) is 3. The van der Waals surface area contributed by atoms with Gasteiger partial charge in [-0.1, -0.05) is 6.92 Å². The van der Waals surface area contributed by atoms with Crippen molar-refractivity contribution in [1.82, 2.24) is 10.6 Å². The van der Waals surface area contributed by atoms with E-state index in [-0.39, 0.29) is 12.5 Å². The topological polar surface area (TPSA) is 65.9 Å². The minimum atomic E-state index is 0.173. The lowest BCUT2D eigenvalue weighted by atomic mass is 10.2. The molecule has 0 aromatic carbocycles. The average molecular weight is 231 g/mol. The third-order valence-electron chi connectivity index (χ3n) is 2.03. The number of rotatable bonds is 8. The van der Waals surface area contributed by atoms with Gasteiger partial charge in [-0.05, 0) is 19.3 Å². The summed E-state index contributed by atoms with van der Waals surface area (Å²) in [4.78, 5) is 4.38. The zero-order chi connectivity index (χ0) is 12.2. The maximum absolute atomic E-state index is 8.90. The van der Waals surface area contributed by atoms with Crippen LogP contribution in [0, 0.1) is 5.92 Å². The van der Waals surface area contributed by atoms with Crippen molar-refractivity contribution in [3.05, 3.63) is 0 Å². The van der Waals surface area contributed by atoms with Crippen LogP contribution in [-0.4, -0.2) is 51.0 Å². The Bertz CT molecular complexity index is 186. The van der Waals surface area contributed by atoms with Crippen LogP contribution >= 0.6 is 0 Å². The molecule has 5 nitrogen and oxygen atoms in total. The van der Waals surface area contributed by atoms with Gasteiger partial charge in [-0.15, -0.1) is 0 Å². The van der Waals surface area contributed by atoms with Crippen molar-refractivity contribution in [2.45, 2.75) is 20.3 Å². The van der Waals surface area contributed by atoms with Gasteiger partial charge >= 0.3 is 0 Å². The number of nitrogens with one attached hydrogen (secondary N) is 2. The van der Waals surface area contributed by atoms with Crippen molar-refractivity contribution >= 4 is 5.96 Å². The van der Waals surface area contributed by atoms with Gasteiger partial charge in [-0.25, -0.2) is 0 Å². The van der Waals surface area contributed by atoms with Crippen LogP contribution in [0.25, 0.3) is 0 Å². The molecule has 0 radical (unpaired) electrons. The van der Waals surface area contributed by atoms with Crippen LogP contribution < -0.4 is 10.6 Å². The minimum absolute atomic E-state index is 0.173. The molecule has 1 unspecified atom stereocenters. The molecule has 3 N–H and O–H groups in total. The molecule has 0 saturated heterocycles. The molecule has 0 aromatic heterocycles. The Labute approximate surface area is 98.3 Å². The second-order valence-electron chi connectivity index (χ2n) is 3.78. The van der Waals surface area contributed by atoms with Crippen LogP contribution in [0.1, 0.15) is 20.3 Å². The van der Waals surface area contributed by atoms with Gasteiger partial charge < -0.3 is 20.5 Å². The predicted octanol–water partition coefficient (Wildman–Crippen LogP) is 0.206. The fourth-order valence-corrected chi connectivity index (χ4v) is 1.07. The van der Waals surface area contributed by atoms with E-state index in [1.54, 1.807) is 7.11 Å². The van der Waals surface area contributed by atoms with E-state index in [0.29, 0.717) is 6.54 Å². The average Bonchev–Trinajstić information content (AvgIpc) is 2.30. The second kappa shape index (κ2) is 10.7. The molecule has 0 bridgehead atoms. The predicted molar refractivity (Wildman–Crippen MR) is 66.7 cm³/mol. The van der Waals surface area contributed by atoms with Crippen LogP contribution in [0.2, 0.25) is 0 Å². The van der Waals surface area contributed by atoms with Crippen molar-refractivity contribution in [1.29, 1.82) is 0 Å². The second-order valence-corrected chi connectivity index (χ2v) is 3.78. The monoisotopic (exact) mass is 231 g/mol. The highest BCUT2D eigenvalue weighted by atomic mass is 16.5. The van der Waals surface area contributed by atoms with Crippen LogP contribution in [0.4, 0.5) is 0 Å². The summed E-state index contributed by atoms with van der Waals surface area (Å²) in [5.74, 6) is 1.01. The number of ether oxygens (including phenoxy) is 1. The molecule has 0 amide bonds. The molecular weight excluding hydrogens is 206 g/mol. The lowest BCUT2D eigenvalue weighted by Crippen LogP contribution is -2.38. The molecule has 0 aromatic rings. The number of aliphatic hydroxyl groups is 1. The van der Waals surface area contributed by atoms with E-state index in [9.17, 15) is 0 Å². The van der Waals surface area contributed by atoms with Crippen LogP contribution in [0.3, 0.4) is 0 Å². The lowest BCUT2D eigenvalue weighted by molar-refractivity contribution is 0.195. The molecule has 0 aliphatic carbocycles. The lowest BCUT2D eigenvalue weighted by Gasteiger charge is -2.12. The maximum atomic E-state index is 8.90. The van der Waals surface area contributed by atoms with Gasteiger partial charge in [-0.3, -0.25) is 4.99 Å². The first-order valence-corrected chi connectivity index (χ1v) is 5.86. The molecule has 0 aliphatic heterocycles. The molecule has 96 valence electrons. The molecule has 0 fully saturated rings. The fraction of sp³-hybridized carbons (Fsp3) is 0.909. The Morgan fingerprint density at radius 1 is 1.44 bits per heavy atom. The zero-order valence-electron chi connectivity index (χ0n) is 10.6. The van der Waals surface area contributed by atoms with E-state index in [1.807, 2.05) is 13.8 Å². The molecular formula is C11H25N3O2.